The maximum atomic E-state index is 5.63. The Labute approximate surface area is 106 Å². The van der Waals surface area contributed by atoms with E-state index in [9.17, 15) is 0 Å². The zero-order valence-electron chi connectivity index (χ0n) is 9.17. The van der Waals surface area contributed by atoms with Gasteiger partial charge in [0, 0.05) is 0 Å². The second kappa shape index (κ2) is 5.94. The van der Waals surface area contributed by atoms with Crippen LogP contribution in [0.1, 0.15) is 5.56 Å². The maximum Gasteiger partial charge on any atom is 0.119 e. The molecular formula is C14H11NOS. The van der Waals surface area contributed by atoms with E-state index >= 15 is 0 Å². The van der Waals surface area contributed by atoms with E-state index in [0.717, 1.165) is 17.0 Å². The summed E-state index contributed by atoms with van der Waals surface area (Å²) < 4.78 is 5.63. The zero-order chi connectivity index (χ0) is 11.9. The fourth-order valence-electron chi connectivity index (χ4n) is 1.40. The molecule has 2 rings (SSSR count). The number of isothiocyanates is 1. The smallest absolute Gasteiger partial charge is 0.119 e. The molecule has 3 heteroatoms. The number of para-hydroxylation sites is 1. The number of hydrogen-bond donors (Lipinski definition) is 0. The van der Waals surface area contributed by atoms with E-state index in [1.54, 1.807) is 0 Å². The Morgan fingerprint density at radius 1 is 1.00 bits per heavy atom. The van der Waals surface area contributed by atoms with Crippen molar-refractivity contribution in [1.29, 1.82) is 0 Å². The molecule has 0 bridgehead atoms. The van der Waals surface area contributed by atoms with Crippen LogP contribution in [0.4, 0.5) is 5.69 Å². The molecule has 0 amide bonds. The minimum absolute atomic E-state index is 0.547. The Morgan fingerprint density at radius 2 is 1.71 bits per heavy atom. The van der Waals surface area contributed by atoms with E-state index < -0.39 is 0 Å². The summed E-state index contributed by atoms with van der Waals surface area (Å²) in [4.78, 5) is 3.89. The Kier molecular flexibility index (Phi) is 4.03. The zero-order valence-corrected chi connectivity index (χ0v) is 9.98. The Bertz CT molecular complexity index is 516. The van der Waals surface area contributed by atoms with Crippen LogP contribution in [0.25, 0.3) is 0 Å². The third kappa shape index (κ3) is 3.52. The number of rotatable bonds is 4. The van der Waals surface area contributed by atoms with Gasteiger partial charge < -0.3 is 4.74 Å². The third-order valence-corrected chi connectivity index (χ3v) is 2.35. The first-order valence-electron chi connectivity index (χ1n) is 5.23. The molecule has 0 radical (unpaired) electrons. The summed E-state index contributed by atoms with van der Waals surface area (Å²) in [5.74, 6) is 0.869. The first kappa shape index (κ1) is 11.5. The molecule has 17 heavy (non-hydrogen) atoms. The lowest BCUT2D eigenvalue weighted by molar-refractivity contribution is 0.306. The monoisotopic (exact) mass is 241 g/mol. The highest BCUT2D eigenvalue weighted by molar-refractivity contribution is 7.78. The van der Waals surface area contributed by atoms with Crippen LogP contribution in [-0.4, -0.2) is 5.16 Å². The molecule has 2 aromatic rings. The van der Waals surface area contributed by atoms with Crippen molar-refractivity contribution in [2.45, 2.75) is 6.61 Å². The fourth-order valence-corrected chi connectivity index (χ4v) is 1.51. The average molecular weight is 241 g/mol. The van der Waals surface area contributed by atoms with Crippen LogP contribution in [0.2, 0.25) is 0 Å². The van der Waals surface area contributed by atoms with E-state index in [2.05, 4.69) is 22.4 Å². The lowest BCUT2D eigenvalue weighted by Gasteiger charge is -2.05. The van der Waals surface area contributed by atoms with E-state index in [4.69, 9.17) is 4.74 Å². The molecule has 0 saturated carbocycles. The molecule has 0 aliphatic rings. The number of thiocarbonyl (C=S) groups is 1. The van der Waals surface area contributed by atoms with Crippen molar-refractivity contribution in [3.05, 3.63) is 60.2 Å². The highest BCUT2D eigenvalue weighted by Crippen LogP contribution is 2.15. The van der Waals surface area contributed by atoms with Gasteiger partial charge in [0.05, 0.1) is 10.8 Å². The number of nitrogens with zero attached hydrogens (tertiary/aromatic N) is 1. The molecule has 0 N–H and O–H groups in total. The Balaban J connectivity index is 1.98. The first-order valence-corrected chi connectivity index (χ1v) is 5.64. The lowest BCUT2D eigenvalue weighted by atomic mass is 10.2. The van der Waals surface area contributed by atoms with Crippen molar-refractivity contribution in [2.75, 3.05) is 0 Å². The van der Waals surface area contributed by atoms with Crippen molar-refractivity contribution in [2.24, 2.45) is 4.99 Å². The van der Waals surface area contributed by atoms with Gasteiger partial charge in [0.1, 0.15) is 12.4 Å². The summed E-state index contributed by atoms with van der Waals surface area (Å²) in [5.41, 5.74) is 1.90. The molecule has 0 aliphatic heterocycles. The minimum Gasteiger partial charge on any atom is -0.489 e. The number of benzene rings is 2. The van der Waals surface area contributed by atoms with E-state index in [0.29, 0.717) is 6.61 Å². The van der Waals surface area contributed by atoms with Crippen LogP contribution in [-0.2, 0) is 6.61 Å². The molecule has 0 unspecified atom stereocenters. The second-order valence-electron chi connectivity index (χ2n) is 3.47. The molecule has 0 fully saturated rings. The highest BCUT2D eigenvalue weighted by atomic mass is 32.1. The third-order valence-electron chi connectivity index (χ3n) is 2.26. The molecule has 0 aliphatic carbocycles. The molecule has 0 saturated heterocycles. The van der Waals surface area contributed by atoms with Crippen molar-refractivity contribution in [3.8, 4) is 5.75 Å². The molecule has 0 atom stereocenters. The van der Waals surface area contributed by atoms with Crippen LogP contribution in [0.5, 0.6) is 5.75 Å². The van der Waals surface area contributed by atoms with Crippen molar-refractivity contribution in [3.63, 3.8) is 0 Å². The van der Waals surface area contributed by atoms with E-state index in [1.807, 2.05) is 54.6 Å². The second-order valence-corrected chi connectivity index (χ2v) is 3.65. The van der Waals surface area contributed by atoms with Crippen LogP contribution in [0.15, 0.2) is 59.6 Å². The molecule has 84 valence electrons. The van der Waals surface area contributed by atoms with Gasteiger partial charge in [0.15, 0.2) is 0 Å². The lowest BCUT2D eigenvalue weighted by Crippen LogP contribution is -1.94. The van der Waals surface area contributed by atoms with Crippen molar-refractivity contribution in [1.82, 2.24) is 0 Å². The fraction of sp³-hybridized carbons (Fsp3) is 0.0714. The summed E-state index contributed by atoms with van der Waals surface area (Å²) in [6, 6.07) is 17.5. The maximum absolute atomic E-state index is 5.63. The summed E-state index contributed by atoms with van der Waals surface area (Å²) in [7, 11) is 0. The van der Waals surface area contributed by atoms with Gasteiger partial charge in [-0.2, -0.15) is 4.99 Å². The van der Waals surface area contributed by atoms with Gasteiger partial charge in [0.25, 0.3) is 0 Å². The highest BCUT2D eigenvalue weighted by Gasteiger charge is 1.95. The minimum atomic E-state index is 0.547. The predicted molar refractivity (Wildman–Crippen MR) is 71.9 cm³/mol. The number of hydrogen-bond acceptors (Lipinski definition) is 3. The summed E-state index contributed by atoms with van der Waals surface area (Å²) in [6.07, 6.45) is 0. The van der Waals surface area contributed by atoms with Gasteiger partial charge in [-0.15, -0.1) is 0 Å². The predicted octanol–water partition coefficient (Wildman–Crippen LogP) is 4.00. The summed E-state index contributed by atoms with van der Waals surface area (Å²) in [6.45, 7) is 0.547. The van der Waals surface area contributed by atoms with Crippen LogP contribution in [0, 0.1) is 0 Å². The Morgan fingerprint density at radius 3 is 2.35 bits per heavy atom. The molecular weight excluding hydrogens is 230 g/mol. The molecule has 2 aromatic carbocycles. The number of aliphatic imine (C=N–C) groups is 1. The van der Waals surface area contributed by atoms with E-state index in [-0.39, 0.29) is 0 Å². The molecule has 0 aromatic heterocycles. The summed E-state index contributed by atoms with van der Waals surface area (Å²) in [5, 5.41) is 2.34. The van der Waals surface area contributed by atoms with Gasteiger partial charge in [0.2, 0.25) is 0 Å². The first-order chi connectivity index (χ1) is 8.38. The quantitative estimate of drug-likeness (QED) is 0.596. The summed E-state index contributed by atoms with van der Waals surface area (Å²) >= 11 is 4.54. The van der Waals surface area contributed by atoms with Gasteiger partial charge in [-0.1, -0.05) is 30.3 Å². The standard InChI is InChI=1S/C14H11NOS/c17-11-15-13-8-6-12(7-9-13)10-16-14-4-2-1-3-5-14/h1-9H,10H2. The SMILES string of the molecule is S=C=Nc1ccc(COc2ccccc2)cc1. The molecule has 0 heterocycles. The molecule has 2 nitrogen and oxygen atoms in total. The molecule has 0 spiro atoms. The van der Waals surface area contributed by atoms with E-state index in [1.165, 1.54) is 0 Å². The van der Waals surface area contributed by atoms with Gasteiger partial charge in [-0.25, -0.2) is 0 Å². The van der Waals surface area contributed by atoms with Gasteiger partial charge in [-0.3, -0.25) is 0 Å². The Hall–Kier alpha value is -1.96. The van der Waals surface area contributed by atoms with Crippen LogP contribution < -0.4 is 4.74 Å². The van der Waals surface area contributed by atoms with Crippen molar-refractivity contribution >= 4 is 23.1 Å². The van der Waals surface area contributed by atoms with Crippen LogP contribution in [0.3, 0.4) is 0 Å². The number of ether oxygens (including phenoxy) is 1. The normalized spacial score (nSPS) is 9.41. The van der Waals surface area contributed by atoms with Gasteiger partial charge >= 0.3 is 0 Å². The van der Waals surface area contributed by atoms with Crippen molar-refractivity contribution < 1.29 is 4.74 Å². The largest absolute Gasteiger partial charge is 0.489 e. The van der Waals surface area contributed by atoms with Gasteiger partial charge in [-0.05, 0) is 42.0 Å². The topological polar surface area (TPSA) is 21.6 Å². The average Bonchev–Trinajstić information content (AvgIpc) is 2.40. The van der Waals surface area contributed by atoms with Crippen LogP contribution >= 0.6 is 12.2 Å².